The molecule has 2 bridgehead atoms. The van der Waals surface area contributed by atoms with E-state index in [9.17, 15) is 14.7 Å². The van der Waals surface area contributed by atoms with E-state index < -0.39 is 11.4 Å². The summed E-state index contributed by atoms with van der Waals surface area (Å²) in [5.41, 5.74) is 0.624. The average molecular weight is 356 g/mol. The summed E-state index contributed by atoms with van der Waals surface area (Å²) in [4.78, 5) is 31.3. The largest absolute Gasteiger partial charge is 0.481 e. The number of amides is 1. The molecular formula is C19H20N2O3S. The van der Waals surface area contributed by atoms with Crippen LogP contribution in [0.1, 0.15) is 43.1 Å². The molecule has 2 aliphatic heterocycles. The van der Waals surface area contributed by atoms with Crippen molar-refractivity contribution in [3.8, 4) is 10.6 Å². The zero-order valence-electron chi connectivity index (χ0n) is 14.0. The van der Waals surface area contributed by atoms with E-state index in [1.54, 1.807) is 10.3 Å². The van der Waals surface area contributed by atoms with Crippen LogP contribution in [0.4, 0.5) is 0 Å². The van der Waals surface area contributed by atoms with Gasteiger partial charge in [0.2, 0.25) is 0 Å². The molecule has 0 aliphatic carbocycles. The maximum absolute atomic E-state index is 13.1. The number of hydrogen-bond donors (Lipinski definition) is 1. The second kappa shape index (κ2) is 5.95. The van der Waals surface area contributed by atoms with Crippen LogP contribution >= 0.6 is 11.3 Å². The Kier molecular flexibility index (Phi) is 3.87. The molecule has 0 saturated carbocycles. The van der Waals surface area contributed by atoms with Gasteiger partial charge in [0.1, 0.15) is 10.7 Å². The van der Waals surface area contributed by atoms with Gasteiger partial charge in [0, 0.05) is 23.0 Å². The van der Waals surface area contributed by atoms with Crippen LogP contribution in [0.3, 0.4) is 0 Å². The highest BCUT2D eigenvalue weighted by atomic mass is 32.1. The van der Waals surface area contributed by atoms with Gasteiger partial charge in [0.25, 0.3) is 5.91 Å². The van der Waals surface area contributed by atoms with Crippen molar-refractivity contribution in [2.24, 2.45) is 5.41 Å². The summed E-state index contributed by atoms with van der Waals surface area (Å²) in [5.74, 6) is -0.897. The van der Waals surface area contributed by atoms with Crippen molar-refractivity contribution in [3.05, 3.63) is 41.4 Å². The van der Waals surface area contributed by atoms with Gasteiger partial charge >= 0.3 is 5.97 Å². The lowest BCUT2D eigenvalue weighted by Gasteiger charge is -2.32. The SMILES string of the molecule is CC[C@@]1(C(=O)O)C[C@@H]2CC[C@H]1N2C(=O)c1csc(-c2ccccc2)n1. The number of nitrogens with zero attached hydrogens (tertiary/aromatic N) is 2. The number of aromatic nitrogens is 1. The monoisotopic (exact) mass is 356 g/mol. The molecule has 3 atom stereocenters. The second-order valence-electron chi connectivity index (χ2n) is 6.88. The molecule has 0 unspecified atom stereocenters. The molecule has 2 aromatic rings. The van der Waals surface area contributed by atoms with Crippen LogP contribution in [0.25, 0.3) is 10.6 Å². The minimum atomic E-state index is -0.795. The summed E-state index contributed by atoms with van der Waals surface area (Å²) in [7, 11) is 0. The molecule has 0 spiro atoms. The second-order valence-corrected chi connectivity index (χ2v) is 7.74. The third-order valence-electron chi connectivity index (χ3n) is 5.78. The maximum Gasteiger partial charge on any atom is 0.311 e. The van der Waals surface area contributed by atoms with Gasteiger partial charge in [0.15, 0.2) is 0 Å². The van der Waals surface area contributed by atoms with E-state index in [-0.39, 0.29) is 18.0 Å². The predicted octanol–water partition coefficient (Wildman–Crippen LogP) is 3.67. The number of rotatable bonds is 4. The van der Waals surface area contributed by atoms with E-state index in [2.05, 4.69) is 4.98 Å². The fraction of sp³-hybridized carbons (Fsp3) is 0.421. The molecule has 2 aliphatic rings. The molecule has 2 fully saturated rings. The zero-order chi connectivity index (χ0) is 17.6. The fourth-order valence-corrected chi connectivity index (χ4v) is 5.27. The number of thiazole rings is 1. The third kappa shape index (κ3) is 2.39. The Morgan fingerprint density at radius 3 is 2.72 bits per heavy atom. The van der Waals surface area contributed by atoms with Gasteiger partial charge < -0.3 is 10.0 Å². The van der Waals surface area contributed by atoms with Gasteiger partial charge in [-0.1, -0.05) is 37.3 Å². The van der Waals surface area contributed by atoms with E-state index in [0.29, 0.717) is 18.5 Å². The Balaban J connectivity index is 1.62. The summed E-state index contributed by atoms with van der Waals surface area (Å²) >= 11 is 1.45. The van der Waals surface area contributed by atoms with Crippen LogP contribution in [0.5, 0.6) is 0 Å². The molecule has 130 valence electrons. The topological polar surface area (TPSA) is 70.5 Å². The van der Waals surface area contributed by atoms with Crippen molar-refractivity contribution in [1.82, 2.24) is 9.88 Å². The smallest absolute Gasteiger partial charge is 0.311 e. The fourth-order valence-electron chi connectivity index (χ4n) is 4.47. The van der Waals surface area contributed by atoms with Crippen LogP contribution in [0.15, 0.2) is 35.7 Å². The lowest BCUT2D eigenvalue weighted by Crippen LogP contribution is -2.44. The van der Waals surface area contributed by atoms with Crippen molar-refractivity contribution < 1.29 is 14.7 Å². The van der Waals surface area contributed by atoms with Crippen molar-refractivity contribution >= 4 is 23.2 Å². The minimum absolute atomic E-state index is 0.0235. The summed E-state index contributed by atoms with van der Waals surface area (Å²) in [6.45, 7) is 1.91. The molecule has 6 heteroatoms. The number of carboxylic acid groups (broad SMARTS) is 1. The number of benzene rings is 1. The number of carboxylic acids is 1. The highest BCUT2D eigenvalue weighted by molar-refractivity contribution is 7.13. The quantitative estimate of drug-likeness (QED) is 0.907. The predicted molar refractivity (Wildman–Crippen MR) is 95.5 cm³/mol. The Bertz CT molecular complexity index is 819. The zero-order valence-corrected chi connectivity index (χ0v) is 14.8. The van der Waals surface area contributed by atoms with Gasteiger partial charge in [0.05, 0.1) is 5.41 Å². The number of hydrogen-bond acceptors (Lipinski definition) is 4. The van der Waals surface area contributed by atoms with Gasteiger partial charge in [-0.25, -0.2) is 4.98 Å². The molecule has 2 saturated heterocycles. The van der Waals surface area contributed by atoms with Crippen LogP contribution in [0.2, 0.25) is 0 Å². The Hall–Kier alpha value is -2.21. The molecular weight excluding hydrogens is 336 g/mol. The van der Waals surface area contributed by atoms with Crippen molar-refractivity contribution in [3.63, 3.8) is 0 Å². The van der Waals surface area contributed by atoms with Crippen molar-refractivity contribution in [2.45, 2.75) is 44.7 Å². The highest BCUT2D eigenvalue weighted by Crippen LogP contribution is 2.52. The van der Waals surface area contributed by atoms with E-state index in [0.717, 1.165) is 23.4 Å². The summed E-state index contributed by atoms with van der Waals surface area (Å²) in [6, 6.07) is 9.59. The first-order valence-corrected chi connectivity index (χ1v) is 9.52. The molecule has 1 N–H and O–H groups in total. The van der Waals surface area contributed by atoms with Crippen molar-refractivity contribution in [1.29, 1.82) is 0 Å². The van der Waals surface area contributed by atoms with Gasteiger partial charge in [-0.05, 0) is 25.7 Å². The Morgan fingerprint density at radius 2 is 2.08 bits per heavy atom. The van der Waals surface area contributed by atoms with Gasteiger partial charge in [-0.2, -0.15) is 0 Å². The van der Waals surface area contributed by atoms with Crippen LogP contribution in [-0.2, 0) is 4.79 Å². The van der Waals surface area contributed by atoms with Gasteiger partial charge in [-0.3, -0.25) is 9.59 Å². The molecule has 0 radical (unpaired) electrons. The molecule has 4 rings (SSSR count). The third-order valence-corrected chi connectivity index (χ3v) is 6.67. The van der Waals surface area contributed by atoms with E-state index in [1.165, 1.54) is 11.3 Å². The average Bonchev–Trinajstić information content (AvgIpc) is 3.35. The maximum atomic E-state index is 13.1. The first-order chi connectivity index (χ1) is 12.1. The molecule has 1 aromatic carbocycles. The Morgan fingerprint density at radius 1 is 1.32 bits per heavy atom. The van der Waals surface area contributed by atoms with E-state index in [4.69, 9.17) is 0 Å². The van der Waals surface area contributed by atoms with Crippen molar-refractivity contribution in [2.75, 3.05) is 0 Å². The van der Waals surface area contributed by atoms with Crippen LogP contribution in [0, 0.1) is 5.41 Å². The molecule has 1 aromatic heterocycles. The lowest BCUT2D eigenvalue weighted by molar-refractivity contribution is -0.151. The first-order valence-electron chi connectivity index (χ1n) is 8.64. The van der Waals surface area contributed by atoms with E-state index >= 15 is 0 Å². The lowest BCUT2D eigenvalue weighted by atomic mass is 9.72. The molecule has 25 heavy (non-hydrogen) atoms. The Labute approximate surface area is 150 Å². The van der Waals surface area contributed by atoms with Gasteiger partial charge in [-0.15, -0.1) is 11.3 Å². The molecule has 3 heterocycles. The number of carbonyl (C=O) groups excluding carboxylic acids is 1. The molecule has 1 amide bonds. The summed E-state index contributed by atoms with van der Waals surface area (Å²) in [6.07, 6.45) is 2.78. The highest BCUT2D eigenvalue weighted by Gasteiger charge is 2.60. The number of fused-ring (bicyclic) bond motifs is 2. The normalized spacial score (nSPS) is 27.6. The molecule has 5 nitrogen and oxygen atoms in total. The number of aliphatic carboxylic acids is 1. The minimum Gasteiger partial charge on any atom is -0.481 e. The summed E-state index contributed by atoms with van der Waals surface area (Å²) < 4.78 is 0. The van der Waals surface area contributed by atoms with Crippen LogP contribution in [-0.4, -0.2) is 39.0 Å². The van der Waals surface area contributed by atoms with E-state index in [1.807, 2.05) is 37.3 Å². The first kappa shape index (κ1) is 16.3. The van der Waals surface area contributed by atoms with Crippen LogP contribution < -0.4 is 0 Å². The number of carbonyl (C=O) groups is 2. The summed E-state index contributed by atoms with van der Waals surface area (Å²) in [5, 5.41) is 12.4. The standard InChI is InChI=1S/C19H20N2O3S/c1-2-19(18(23)24)10-13-8-9-15(19)21(13)17(22)14-11-25-16(20-14)12-6-4-3-5-7-12/h3-7,11,13,15H,2,8-10H2,1H3,(H,23,24)/t13-,15+,19+/m0/s1.